The summed E-state index contributed by atoms with van der Waals surface area (Å²) in [5.41, 5.74) is 1.93. The van der Waals surface area contributed by atoms with Crippen molar-refractivity contribution in [3.05, 3.63) is 64.0 Å². The highest BCUT2D eigenvalue weighted by Gasteiger charge is 2.19. The van der Waals surface area contributed by atoms with Crippen molar-refractivity contribution in [3.8, 4) is 0 Å². The zero-order valence-corrected chi connectivity index (χ0v) is 13.3. The molecule has 3 heteroatoms. The topological polar surface area (TPSA) is 33.1 Å². The van der Waals surface area contributed by atoms with Gasteiger partial charge in [0.15, 0.2) is 0 Å². The first-order valence-electron chi connectivity index (χ1n) is 7.08. The van der Waals surface area contributed by atoms with Gasteiger partial charge in [-0.1, -0.05) is 39.0 Å². The van der Waals surface area contributed by atoms with Crippen LogP contribution >= 0.6 is 11.3 Å². The number of benzene rings is 1. The van der Waals surface area contributed by atoms with Crippen LogP contribution in [0.5, 0.6) is 0 Å². The Morgan fingerprint density at radius 1 is 1.10 bits per heavy atom. The van der Waals surface area contributed by atoms with Gasteiger partial charge < -0.3 is 5.11 Å². The van der Waals surface area contributed by atoms with E-state index in [1.165, 1.54) is 4.88 Å². The molecule has 2 nitrogen and oxygen atoms in total. The van der Waals surface area contributed by atoms with E-state index in [1.54, 1.807) is 17.5 Å². The molecule has 1 aromatic carbocycles. The van der Waals surface area contributed by atoms with Gasteiger partial charge in [-0.2, -0.15) is 0 Å². The first-order chi connectivity index (χ1) is 9.95. The van der Waals surface area contributed by atoms with Crippen molar-refractivity contribution in [1.29, 1.82) is 0 Å². The number of aromatic nitrogens is 1. The van der Waals surface area contributed by atoms with Crippen LogP contribution < -0.4 is 0 Å². The summed E-state index contributed by atoms with van der Waals surface area (Å²) < 4.78 is 0. The lowest BCUT2D eigenvalue weighted by Crippen LogP contribution is -2.07. The van der Waals surface area contributed by atoms with E-state index in [1.807, 2.05) is 36.4 Å². The molecular weight excluding hydrogens is 278 g/mol. The minimum absolute atomic E-state index is 0.119. The van der Waals surface area contributed by atoms with Crippen LogP contribution in [0.3, 0.4) is 0 Å². The van der Waals surface area contributed by atoms with Crippen molar-refractivity contribution in [2.45, 2.75) is 32.3 Å². The maximum atomic E-state index is 10.6. The molecule has 0 aliphatic carbocycles. The van der Waals surface area contributed by atoms with Crippen LogP contribution in [-0.4, -0.2) is 10.1 Å². The summed E-state index contributed by atoms with van der Waals surface area (Å²) in [6.45, 7) is 6.57. The molecule has 2 aromatic heterocycles. The zero-order valence-electron chi connectivity index (χ0n) is 12.5. The molecule has 0 saturated carbocycles. The van der Waals surface area contributed by atoms with Crippen molar-refractivity contribution in [2.24, 2.45) is 0 Å². The van der Waals surface area contributed by atoms with E-state index in [0.717, 1.165) is 21.3 Å². The van der Waals surface area contributed by atoms with Gasteiger partial charge in [0.2, 0.25) is 0 Å². The summed E-state index contributed by atoms with van der Waals surface area (Å²) in [6, 6.07) is 14.1. The highest BCUT2D eigenvalue weighted by molar-refractivity contribution is 7.12. The molecule has 0 amide bonds. The minimum Gasteiger partial charge on any atom is -0.383 e. The van der Waals surface area contributed by atoms with Gasteiger partial charge >= 0.3 is 0 Å². The second-order valence-electron chi connectivity index (χ2n) is 6.31. The number of thiophene rings is 1. The summed E-state index contributed by atoms with van der Waals surface area (Å²) in [5.74, 6) is 0. The molecule has 1 atom stereocenters. The summed E-state index contributed by atoms with van der Waals surface area (Å²) in [4.78, 5) is 6.62. The molecule has 0 fully saturated rings. The first kappa shape index (κ1) is 14.2. The average molecular weight is 297 g/mol. The van der Waals surface area contributed by atoms with Crippen LogP contribution in [0, 0.1) is 0 Å². The fourth-order valence-corrected chi connectivity index (χ4v) is 3.40. The lowest BCUT2D eigenvalue weighted by atomic mass is 9.95. The number of hydrogen-bond donors (Lipinski definition) is 1. The van der Waals surface area contributed by atoms with Crippen molar-refractivity contribution >= 4 is 22.2 Å². The van der Waals surface area contributed by atoms with Crippen LogP contribution in [0.2, 0.25) is 0 Å². The predicted octanol–water partition coefficient (Wildman–Crippen LogP) is 4.68. The Morgan fingerprint density at radius 2 is 1.90 bits per heavy atom. The van der Waals surface area contributed by atoms with Gasteiger partial charge in [-0.05, 0) is 35.2 Å². The van der Waals surface area contributed by atoms with E-state index >= 15 is 0 Å². The molecule has 0 radical (unpaired) electrons. The van der Waals surface area contributed by atoms with E-state index in [2.05, 4.69) is 31.8 Å². The van der Waals surface area contributed by atoms with Crippen molar-refractivity contribution in [3.63, 3.8) is 0 Å². The molecular formula is C18H19NOS. The molecule has 1 N–H and O–H groups in total. The Kier molecular flexibility index (Phi) is 3.56. The summed E-state index contributed by atoms with van der Waals surface area (Å²) in [7, 11) is 0. The third-order valence-corrected chi connectivity index (χ3v) is 5.14. The Labute approximate surface area is 129 Å². The Balaban J connectivity index is 1.96. The lowest BCUT2D eigenvalue weighted by molar-refractivity contribution is 0.224. The number of fused-ring (bicyclic) bond motifs is 1. The fraction of sp³-hybridized carbons (Fsp3) is 0.278. The highest BCUT2D eigenvalue weighted by atomic mass is 32.1. The van der Waals surface area contributed by atoms with Gasteiger partial charge in [-0.3, -0.25) is 4.98 Å². The van der Waals surface area contributed by atoms with E-state index in [4.69, 9.17) is 0 Å². The van der Waals surface area contributed by atoms with Crippen molar-refractivity contribution in [1.82, 2.24) is 4.98 Å². The van der Waals surface area contributed by atoms with Crippen LogP contribution in [0.25, 0.3) is 10.9 Å². The SMILES string of the molecule is CC(C)(C)c1ccc(C(O)c2ccc3cccnc3c2)s1. The zero-order chi connectivity index (χ0) is 15.0. The monoisotopic (exact) mass is 297 g/mol. The van der Waals surface area contributed by atoms with Crippen LogP contribution in [0.4, 0.5) is 0 Å². The van der Waals surface area contributed by atoms with Gasteiger partial charge in [0, 0.05) is 21.3 Å². The molecule has 21 heavy (non-hydrogen) atoms. The van der Waals surface area contributed by atoms with E-state index in [9.17, 15) is 5.11 Å². The standard InChI is InChI=1S/C18H19NOS/c1-18(2,3)16-9-8-15(21-16)17(20)13-7-6-12-5-4-10-19-14(12)11-13/h4-11,17,20H,1-3H3. The first-order valence-corrected chi connectivity index (χ1v) is 7.90. The predicted molar refractivity (Wildman–Crippen MR) is 88.8 cm³/mol. The van der Waals surface area contributed by atoms with Crippen molar-refractivity contribution in [2.75, 3.05) is 0 Å². The molecule has 0 saturated heterocycles. The Hall–Kier alpha value is -1.71. The summed E-state index contributed by atoms with van der Waals surface area (Å²) >= 11 is 1.68. The second kappa shape index (κ2) is 5.24. The molecule has 0 aliphatic rings. The lowest BCUT2D eigenvalue weighted by Gasteiger charge is -2.16. The third kappa shape index (κ3) is 2.85. The number of nitrogens with zero attached hydrogens (tertiary/aromatic N) is 1. The summed E-state index contributed by atoms with van der Waals surface area (Å²) in [6.07, 6.45) is 1.19. The summed E-state index contributed by atoms with van der Waals surface area (Å²) in [5, 5.41) is 11.7. The third-order valence-electron chi connectivity index (χ3n) is 3.58. The van der Waals surface area contributed by atoms with Crippen molar-refractivity contribution < 1.29 is 5.11 Å². The normalized spacial score (nSPS) is 13.5. The largest absolute Gasteiger partial charge is 0.383 e. The molecule has 0 aliphatic heterocycles. The fourth-order valence-electron chi connectivity index (χ4n) is 2.32. The maximum absolute atomic E-state index is 10.6. The van der Waals surface area contributed by atoms with Gasteiger partial charge in [0.25, 0.3) is 0 Å². The Morgan fingerprint density at radius 3 is 2.62 bits per heavy atom. The van der Waals surface area contributed by atoms with E-state index in [-0.39, 0.29) is 5.41 Å². The molecule has 2 heterocycles. The smallest absolute Gasteiger partial charge is 0.113 e. The minimum atomic E-state index is -0.586. The van der Waals surface area contributed by atoms with Gasteiger partial charge in [-0.25, -0.2) is 0 Å². The number of aliphatic hydroxyl groups excluding tert-OH is 1. The number of hydrogen-bond acceptors (Lipinski definition) is 3. The Bertz CT molecular complexity index is 770. The van der Waals surface area contributed by atoms with Gasteiger partial charge in [0.1, 0.15) is 6.10 Å². The molecule has 3 rings (SSSR count). The average Bonchev–Trinajstić information content (AvgIpc) is 2.96. The number of pyridine rings is 1. The number of aliphatic hydroxyl groups is 1. The van der Waals surface area contributed by atoms with Crippen LogP contribution in [0.15, 0.2) is 48.7 Å². The van der Waals surface area contributed by atoms with Gasteiger partial charge in [0.05, 0.1) is 5.52 Å². The molecule has 3 aromatic rings. The van der Waals surface area contributed by atoms with Crippen LogP contribution in [0.1, 0.15) is 42.2 Å². The quantitative estimate of drug-likeness (QED) is 0.745. The molecule has 0 bridgehead atoms. The molecule has 1 unspecified atom stereocenters. The maximum Gasteiger partial charge on any atom is 0.113 e. The van der Waals surface area contributed by atoms with E-state index in [0.29, 0.717) is 0 Å². The second-order valence-corrected chi connectivity index (χ2v) is 7.43. The van der Waals surface area contributed by atoms with Gasteiger partial charge in [-0.15, -0.1) is 11.3 Å². The van der Waals surface area contributed by atoms with Crippen LogP contribution in [-0.2, 0) is 5.41 Å². The van der Waals surface area contributed by atoms with E-state index < -0.39 is 6.10 Å². The highest BCUT2D eigenvalue weighted by Crippen LogP contribution is 2.35. The molecule has 0 spiro atoms. The molecule has 108 valence electrons. The number of rotatable bonds is 2.